The quantitative estimate of drug-likeness (QED) is 0.434. The maximum absolute atomic E-state index is 11.4. The van der Waals surface area contributed by atoms with Crippen molar-refractivity contribution in [1.29, 1.82) is 0 Å². The Balaban J connectivity index is 3.74. The standard InChI is InChI=1S/C10H19NO6S/c1-2-17-10(14)6-8-18(15,16)11-7-4-3-5-9(12)13/h11H,2-8H2,1H3,(H,12,13). The topological polar surface area (TPSA) is 110 Å². The number of aliphatic carboxylic acids is 1. The highest BCUT2D eigenvalue weighted by Gasteiger charge is 2.13. The Hall–Kier alpha value is -1.15. The van der Waals surface area contributed by atoms with Gasteiger partial charge < -0.3 is 9.84 Å². The molecule has 0 aromatic carbocycles. The Morgan fingerprint density at radius 1 is 1.22 bits per heavy atom. The molecule has 7 nitrogen and oxygen atoms in total. The summed E-state index contributed by atoms with van der Waals surface area (Å²) in [6, 6.07) is 0. The number of nitrogens with one attached hydrogen (secondary N) is 1. The van der Waals surface area contributed by atoms with E-state index in [1.54, 1.807) is 6.92 Å². The number of esters is 1. The molecule has 0 amide bonds. The van der Waals surface area contributed by atoms with Crippen LogP contribution >= 0.6 is 0 Å². The monoisotopic (exact) mass is 281 g/mol. The van der Waals surface area contributed by atoms with E-state index in [2.05, 4.69) is 9.46 Å². The van der Waals surface area contributed by atoms with Gasteiger partial charge in [0, 0.05) is 13.0 Å². The first-order valence-electron chi connectivity index (χ1n) is 5.72. The molecule has 0 aliphatic carbocycles. The molecule has 0 spiro atoms. The Labute approximate surface area is 107 Å². The molecule has 0 fully saturated rings. The number of carboxylic acids is 1. The summed E-state index contributed by atoms with van der Waals surface area (Å²) in [7, 11) is -3.49. The molecule has 0 bridgehead atoms. The number of ether oxygens (including phenoxy) is 1. The van der Waals surface area contributed by atoms with Gasteiger partial charge in [-0.05, 0) is 19.8 Å². The van der Waals surface area contributed by atoms with E-state index in [4.69, 9.17) is 5.11 Å². The van der Waals surface area contributed by atoms with Gasteiger partial charge in [0.25, 0.3) is 0 Å². The molecule has 0 radical (unpaired) electrons. The van der Waals surface area contributed by atoms with Gasteiger partial charge in [-0.25, -0.2) is 13.1 Å². The van der Waals surface area contributed by atoms with Crippen LogP contribution in [0.25, 0.3) is 0 Å². The van der Waals surface area contributed by atoms with Crippen LogP contribution in [0.1, 0.15) is 32.6 Å². The molecule has 106 valence electrons. The van der Waals surface area contributed by atoms with Gasteiger partial charge in [0.15, 0.2) is 0 Å². The number of carboxylic acid groups (broad SMARTS) is 1. The largest absolute Gasteiger partial charge is 0.481 e. The third-order valence-corrected chi connectivity index (χ3v) is 3.41. The van der Waals surface area contributed by atoms with Crippen molar-refractivity contribution in [3.8, 4) is 0 Å². The van der Waals surface area contributed by atoms with Crippen molar-refractivity contribution in [3.63, 3.8) is 0 Å². The highest BCUT2D eigenvalue weighted by Crippen LogP contribution is 1.97. The number of unbranched alkanes of at least 4 members (excludes halogenated alkanes) is 1. The van der Waals surface area contributed by atoms with Crippen LogP contribution in [-0.4, -0.2) is 44.4 Å². The van der Waals surface area contributed by atoms with Gasteiger partial charge in [-0.1, -0.05) is 0 Å². The SMILES string of the molecule is CCOC(=O)CCS(=O)(=O)NCCCCC(=O)O. The predicted molar refractivity (Wildman–Crippen MR) is 64.5 cm³/mol. The Morgan fingerprint density at radius 3 is 2.44 bits per heavy atom. The maximum atomic E-state index is 11.4. The molecule has 0 heterocycles. The minimum atomic E-state index is -3.49. The lowest BCUT2D eigenvalue weighted by molar-refractivity contribution is -0.142. The molecule has 0 aliphatic rings. The molecule has 0 saturated carbocycles. The van der Waals surface area contributed by atoms with Crippen molar-refractivity contribution in [3.05, 3.63) is 0 Å². The molecule has 0 rings (SSSR count). The van der Waals surface area contributed by atoms with Crippen LogP contribution in [0.5, 0.6) is 0 Å². The summed E-state index contributed by atoms with van der Waals surface area (Å²) in [5.74, 6) is -1.76. The summed E-state index contributed by atoms with van der Waals surface area (Å²) in [6.07, 6.45) is 0.698. The molecule has 0 unspecified atom stereocenters. The lowest BCUT2D eigenvalue weighted by atomic mass is 10.2. The first-order chi connectivity index (χ1) is 8.37. The summed E-state index contributed by atoms with van der Waals surface area (Å²) in [6.45, 7) is 2.05. The van der Waals surface area contributed by atoms with Crippen LogP contribution in [0.3, 0.4) is 0 Å². The summed E-state index contributed by atoms with van der Waals surface area (Å²) < 4.78 is 29.7. The molecular formula is C10H19NO6S. The minimum Gasteiger partial charge on any atom is -0.481 e. The first kappa shape index (κ1) is 16.9. The zero-order valence-electron chi connectivity index (χ0n) is 10.3. The molecule has 0 atom stereocenters. The van der Waals surface area contributed by atoms with Crippen LogP contribution in [0.2, 0.25) is 0 Å². The van der Waals surface area contributed by atoms with Crippen molar-refractivity contribution in [2.24, 2.45) is 0 Å². The smallest absolute Gasteiger partial charge is 0.306 e. The summed E-state index contributed by atoms with van der Waals surface area (Å²) in [5.41, 5.74) is 0. The lowest BCUT2D eigenvalue weighted by Gasteiger charge is -2.06. The fraction of sp³-hybridized carbons (Fsp3) is 0.800. The fourth-order valence-corrected chi connectivity index (χ4v) is 2.19. The third-order valence-electron chi connectivity index (χ3n) is 2.02. The summed E-state index contributed by atoms with van der Waals surface area (Å²) >= 11 is 0. The van der Waals surface area contributed by atoms with E-state index in [0.717, 1.165) is 0 Å². The van der Waals surface area contributed by atoms with E-state index in [-0.39, 0.29) is 31.7 Å². The van der Waals surface area contributed by atoms with Crippen LogP contribution in [0.4, 0.5) is 0 Å². The van der Waals surface area contributed by atoms with Crippen LogP contribution < -0.4 is 4.72 Å². The van der Waals surface area contributed by atoms with Crippen molar-refractivity contribution >= 4 is 22.0 Å². The second kappa shape index (κ2) is 8.87. The number of carbonyl (C=O) groups is 2. The van der Waals surface area contributed by atoms with Gasteiger partial charge >= 0.3 is 11.9 Å². The van der Waals surface area contributed by atoms with E-state index in [9.17, 15) is 18.0 Å². The van der Waals surface area contributed by atoms with Gasteiger partial charge in [-0.3, -0.25) is 9.59 Å². The minimum absolute atomic E-state index is 0.0184. The van der Waals surface area contributed by atoms with E-state index >= 15 is 0 Å². The van der Waals surface area contributed by atoms with Gasteiger partial charge in [0.2, 0.25) is 10.0 Å². The van der Waals surface area contributed by atoms with Crippen molar-refractivity contribution in [2.45, 2.75) is 32.6 Å². The normalized spacial score (nSPS) is 11.2. The molecule has 0 saturated heterocycles. The molecular weight excluding hydrogens is 262 g/mol. The maximum Gasteiger partial charge on any atom is 0.306 e. The molecule has 0 aromatic rings. The second-order valence-corrected chi connectivity index (χ2v) is 5.55. The second-order valence-electron chi connectivity index (χ2n) is 3.62. The van der Waals surface area contributed by atoms with E-state index < -0.39 is 22.0 Å². The Bertz CT molecular complexity index is 365. The van der Waals surface area contributed by atoms with Gasteiger partial charge in [-0.2, -0.15) is 0 Å². The van der Waals surface area contributed by atoms with Crippen molar-refractivity contribution < 1.29 is 27.9 Å². The Morgan fingerprint density at radius 2 is 1.89 bits per heavy atom. The number of rotatable bonds is 10. The molecule has 0 aromatic heterocycles. The highest BCUT2D eigenvalue weighted by atomic mass is 32.2. The van der Waals surface area contributed by atoms with Crippen molar-refractivity contribution in [1.82, 2.24) is 4.72 Å². The summed E-state index contributed by atoms with van der Waals surface area (Å²) in [5, 5.41) is 8.38. The molecule has 2 N–H and O–H groups in total. The first-order valence-corrected chi connectivity index (χ1v) is 7.37. The molecule has 8 heteroatoms. The summed E-state index contributed by atoms with van der Waals surface area (Å²) in [4.78, 5) is 21.2. The fourth-order valence-electron chi connectivity index (χ4n) is 1.15. The van der Waals surface area contributed by atoms with Crippen LogP contribution in [0.15, 0.2) is 0 Å². The van der Waals surface area contributed by atoms with E-state index in [0.29, 0.717) is 12.8 Å². The third kappa shape index (κ3) is 10.0. The lowest BCUT2D eigenvalue weighted by Crippen LogP contribution is -2.28. The van der Waals surface area contributed by atoms with Crippen LogP contribution in [-0.2, 0) is 24.3 Å². The Kier molecular flexibility index (Phi) is 8.30. The zero-order valence-corrected chi connectivity index (χ0v) is 11.2. The van der Waals surface area contributed by atoms with Gasteiger partial charge in [0.05, 0.1) is 18.8 Å². The number of hydrogen-bond donors (Lipinski definition) is 2. The van der Waals surface area contributed by atoms with Crippen LogP contribution in [0, 0.1) is 0 Å². The predicted octanol–water partition coefficient (Wildman–Crippen LogP) is 0.114. The highest BCUT2D eigenvalue weighted by molar-refractivity contribution is 7.89. The number of sulfonamides is 1. The van der Waals surface area contributed by atoms with Gasteiger partial charge in [0.1, 0.15) is 0 Å². The average Bonchev–Trinajstić information content (AvgIpc) is 2.26. The van der Waals surface area contributed by atoms with E-state index in [1.807, 2.05) is 0 Å². The van der Waals surface area contributed by atoms with E-state index in [1.165, 1.54) is 0 Å². The van der Waals surface area contributed by atoms with Crippen molar-refractivity contribution in [2.75, 3.05) is 18.9 Å². The zero-order chi connectivity index (χ0) is 14.0. The number of carbonyl (C=O) groups excluding carboxylic acids is 1. The molecule has 0 aliphatic heterocycles. The molecule has 18 heavy (non-hydrogen) atoms. The van der Waals surface area contributed by atoms with Gasteiger partial charge in [-0.15, -0.1) is 0 Å². The average molecular weight is 281 g/mol. The number of hydrogen-bond acceptors (Lipinski definition) is 5.